The summed E-state index contributed by atoms with van der Waals surface area (Å²) in [4.78, 5) is 0. The highest BCUT2D eigenvalue weighted by atomic mass is 19.4. The first-order valence-electron chi connectivity index (χ1n) is 11.5. The molecule has 0 radical (unpaired) electrons. The van der Waals surface area contributed by atoms with Gasteiger partial charge in [-0.1, -0.05) is 37.7 Å². The molecule has 31 heavy (non-hydrogen) atoms. The minimum atomic E-state index is -5.03. The third kappa shape index (κ3) is 6.57. The summed E-state index contributed by atoms with van der Waals surface area (Å²) in [7, 11) is 0. The topological polar surface area (TPSA) is 0 Å². The molecule has 0 aromatic heterocycles. The Hall–Kier alpha value is -1.83. The zero-order valence-corrected chi connectivity index (χ0v) is 18.1. The Balaban J connectivity index is 1.49. The molecule has 0 heterocycles. The number of allylic oxidation sites excluding steroid dienone is 2. The smallest absolute Gasteiger partial charge is 0.206 e. The van der Waals surface area contributed by atoms with Crippen LogP contribution in [0.25, 0.3) is 0 Å². The van der Waals surface area contributed by atoms with Gasteiger partial charge in [0, 0.05) is 5.92 Å². The SMILES string of the molecule is CCCC1CCC(C=CC#CC2CCC(c3cc(F)c(C(F)(F)F)c(F)c3)CC2)CC1. The molecule has 1 aromatic carbocycles. The Bertz CT molecular complexity index is 787. The fourth-order valence-electron chi connectivity index (χ4n) is 5.10. The number of alkyl halides is 3. The maximum Gasteiger partial charge on any atom is 0.422 e. The predicted molar refractivity (Wildman–Crippen MR) is 113 cm³/mol. The fraction of sp³-hybridized carbons (Fsp3) is 0.615. The lowest BCUT2D eigenvalue weighted by Crippen LogP contribution is -2.15. The van der Waals surface area contributed by atoms with Gasteiger partial charge in [0.2, 0.25) is 0 Å². The maximum atomic E-state index is 13.9. The van der Waals surface area contributed by atoms with E-state index in [0.29, 0.717) is 24.3 Å². The highest BCUT2D eigenvalue weighted by Gasteiger charge is 2.38. The van der Waals surface area contributed by atoms with Crippen LogP contribution in [0, 0.1) is 41.2 Å². The minimum Gasteiger partial charge on any atom is -0.206 e. The van der Waals surface area contributed by atoms with Crippen LogP contribution in [0.4, 0.5) is 22.0 Å². The van der Waals surface area contributed by atoms with Gasteiger partial charge in [-0.3, -0.25) is 0 Å². The van der Waals surface area contributed by atoms with Crippen molar-refractivity contribution in [3.8, 4) is 11.8 Å². The lowest BCUT2D eigenvalue weighted by molar-refractivity contribution is -0.142. The molecule has 0 N–H and O–H groups in total. The van der Waals surface area contributed by atoms with E-state index in [2.05, 4.69) is 24.8 Å². The second-order valence-electron chi connectivity index (χ2n) is 9.12. The van der Waals surface area contributed by atoms with Crippen molar-refractivity contribution >= 4 is 0 Å². The number of rotatable bonds is 4. The third-order valence-electron chi connectivity index (χ3n) is 6.87. The molecule has 0 saturated heterocycles. The largest absolute Gasteiger partial charge is 0.422 e. The summed E-state index contributed by atoms with van der Waals surface area (Å²) in [5, 5.41) is 0. The number of hydrogen-bond acceptors (Lipinski definition) is 0. The summed E-state index contributed by atoms with van der Waals surface area (Å²) in [6.07, 6.45) is 9.82. The first-order chi connectivity index (χ1) is 14.8. The van der Waals surface area contributed by atoms with Gasteiger partial charge in [-0.25, -0.2) is 8.78 Å². The molecule has 0 nitrogen and oxygen atoms in total. The van der Waals surface area contributed by atoms with Crippen LogP contribution >= 0.6 is 0 Å². The van der Waals surface area contributed by atoms with E-state index in [1.165, 1.54) is 38.5 Å². The number of hydrogen-bond donors (Lipinski definition) is 0. The summed E-state index contributed by atoms with van der Waals surface area (Å²) in [6.45, 7) is 2.25. The molecular formula is C26H31F5. The Labute approximate surface area is 182 Å². The van der Waals surface area contributed by atoms with Crippen LogP contribution in [0.1, 0.15) is 88.2 Å². The number of halogens is 5. The summed E-state index contributed by atoms with van der Waals surface area (Å²) < 4.78 is 66.0. The summed E-state index contributed by atoms with van der Waals surface area (Å²) in [5.74, 6) is 5.00. The van der Waals surface area contributed by atoms with Gasteiger partial charge in [0.15, 0.2) is 0 Å². The molecule has 0 spiro atoms. The van der Waals surface area contributed by atoms with Crippen LogP contribution in [0.15, 0.2) is 24.3 Å². The van der Waals surface area contributed by atoms with Gasteiger partial charge in [-0.15, -0.1) is 0 Å². The highest BCUT2D eigenvalue weighted by molar-refractivity contribution is 5.31. The van der Waals surface area contributed by atoms with Crippen LogP contribution in [0.3, 0.4) is 0 Å². The molecule has 1 aromatic rings. The minimum absolute atomic E-state index is 0.127. The van der Waals surface area contributed by atoms with E-state index in [-0.39, 0.29) is 11.8 Å². The van der Waals surface area contributed by atoms with Gasteiger partial charge in [0.25, 0.3) is 0 Å². The molecule has 3 rings (SSSR count). The Morgan fingerprint density at radius 3 is 2.10 bits per heavy atom. The molecule has 0 amide bonds. The van der Waals surface area contributed by atoms with Crippen molar-refractivity contribution in [3.63, 3.8) is 0 Å². The van der Waals surface area contributed by atoms with E-state index in [4.69, 9.17) is 0 Å². The average molecular weight is 439 g/mol. The van der Waals surface area contributed by atoms with Gasteiger partial charge in [0.05, 0.1) is 0 Å². The molecule has 2 aliphatic carbocycles. The number of benzene rings is 1. The molecule has 2 aliphatic rings. The van der Waals surface area contributed by atoms with Crippen LogP contribution in [0.5, 0.6) is 0 Å². The first-order valence-corrected chi connectivity index (χ1v) is 11.5. The molecule has 0 atom stereocenters. The summed E-state index contributed by atoms with van der Waals surface area (Å²) in [5.41, 5.74) is -1.49. The van der Waals surface area contributed by atoms with Gasteiger partial charge >= 0.3 is 6.18 Å². The highest BCUT2D eigenvalue weighted by Crippen LogP contribution is 2.39. The maximum absolute atomic E-state index is 13.9. The predicted octanol–water partition coefficient (Wildman–Crippen LogP) is 8.42. The third-order valence-corrected chi connectivity index (χ3v) is 6.87. The van der Waals surface area contributed by atoms with Crippen LogP contribution < -0.4 is 0 Å². The van der Waals surface area contributed by atoms with E-state index >= 15 is 0 Å². The van der Waals surface area contributed by atoms with Crippen molar-refractivity contribution in [1.82, 2.24) is 0 Å². The monoisotopic (exact) mass is 438 g/mol. The van der Waals surface area contributed by atoms with Gasteiger partial charge in [-0.2, -0.15) is 13.2 Å². The van der Waals surface area contributed by atoms with Crippen LogP contribution in [-0.2, 0) is 6.18 Å². The molecule has 2 saturated carbocycles. The van der Waals surface area contributed by atoms with Crippen molar-refractivity contribution in [1.29, 1.82) is 0 Å². The molecule has 0 bridgehead atoms. The Morgan fingerprint density at radius 2 is 1.55 bits per heavy atom. The molecule has 170 valence electrons. The van der Waals surface area contributed by atoms with Gasteiger partial charge in [-0.05, 0) is 92.9 Å². The van der Waals surface area contributed by atoms with E-state index in [1.54, 1.807) is 0 Å². The second-order valence-corrected chi connectivity index (χ2v) is 9.12. The normalized spacial score (nSPS) is 27.2. The van der Waals surface area contributed by atoms with Crippen molar-refractivity contribution in [2.45, 2.75) is 83.2 Å². The van der Waals surface area contributed by atoms with Crippen molar-refractivity contribution in [3.05, 3.63) is 47.0 Å². The molecule has 0 aliphatic heterocycles. The molecule has 0 unspecified atom stereocenters. The zero-order valence-electron chi connectivity index (χ0n) is 18.1. The molecule has 2 fully saturated rings. The zero-order chi connectivity index (χ0) is 22.4. The standard InChI is InChI=1S/C26H31F5/c1-2-5-18-8-10-19(11-9-18)6-3-4-7-20-12-14-21(15-13-20)22-16-23(27)25(24(28)17-22)26(29,30)31/h3,6,16-21H,2,5,8-15H2,1H3. The Morgan fingerprint density at radius 1 is 0.935 bits per heavy atom. The van der Waals surface area contributed by atoms with Gasteiger partial charge < -0.3 is 0 Å². The second kappa shape index (κ2) is 10.7. The average Bonchev–Trinajstić information content (AvgIpc) is 2.71. The van der Waals surface area contributed by atoms with Crippen molar-refractivity contribution in [2.75, 3.05) is 0 Å². The summed E-state index contributed by atoms with van der Waals surface area (Å²) in [6, 6.07) is 1.70. The molecule has 5 heteroatoms. The van der Waals surface area contributed by atoms with Gasteiger partial charge in [0.1, 0.15) is 17.2 Å². The van der Waals surface area contributed by atoms with Crippen molar-refractivity contribution < 1.29 is 22.0 Å². The summed E-state index contributed by atoms with van der Waals surface area (Å²) >= 11 is 0. The lowest BCUT2D eigenvalue weighted by atomic mass is 9.78. The van der Waals surface area contributed by atoms with Crippen LogP contribution in [0.2, 0.25) is 0 Å². The quantitative estimate of drug-likeness (QED) is 0.327. The van der Waals surface area contributed by atoms with E-state index in [1.807, 2.05) is 6.08 Å². The van der Waals surface area contributed by atoms with Crippen molar-refractivity contribution in [2.24, 2.45) is 17.8 Å². The van der Waals surface area contributed by atoms with E-state index in [0.717, 1.165) is 30.9 Å². The molecular weight excluding hydrogens is 407 g/mol. The van der Waals surface area contributed by atoms with E-state index in [9.17, 15) is 22.0 Å². The lowest BCUT2D eigenvalue weighted by Gasteiger charge is -2.26. The van der Waals surface area contributed by atoms with E-state index < -0.39 is 23.4 Å². The Kier molecular flexibility index (Phi) is 8.19. The first kappa shape index (κ1) is 23.8. The van der Waals surface area contributed by atoms with Crippen LogP contribution in [-0.4, -0.2) is 0 Å². The fourth-order valence-corrected chi connectivity index (χ4v) is 5.10.